The number of hydrogen-bond donors (Lipinski definition) is 1. The van der Waals surface area contributed by atoms with Crippen molar-refractivity contribution in [3.05, 3.63) is 64.2 Å². The molecule has 0 aliphatic carbocycles. The Morgan fingerprint density at radius 1 is 0.970 bits per heavy atom. The van der Waals surface area contributed by atoms with E-state index in [1.165, 1.54) is 0 Å². The number of anilines is 1. The van der Waals surface area contributed by atoms with Crippen molar-refractivity contribution >= 4 is 40.9 Å². The molecule has 1 fully saturated rings. The first-order valence-corrected chi connectivity index (χ1v) is 11.2. The number of imide groups is 1. The number of piperazine rings is 1. The summed E-state index contributed by atoms with van der Waals surface area (Å²) in [4.78, 5) is 54.7. The zero-order valence-corrected chi connectivity index (χ0v) is 19.1. The highest BCUT2D eigenvalue weighted by Gasteiger charge is 2.35. The van der Waals surface area contributed by atoms with Crippen LogP contribution >= 0.6 is 11.6 Å². The van der Waals surface area contributed by atoms with Crippen LogP contribution in [0.1, 0.15) is 32.7 Å². The van der Waals surface area contributed by atoms with Gasteiger partial charge < -0.3 is 15.1 Å². The number of hydrogen-bond acceptors (Lipinski definition) is 5. The van der Waals surface area contributed by atoms with Crippen LogP contribution in [-0.4, -0.2) is 72.7 Å². The van der Waals surface area contributed by atoms with E-state index >= 15 is 0 Å². The quantitative estimate of drug-likeness (QED) is 0.656. The number of nitrogens with one attached hydrogen (secondary N) is 1. The normalized spacial score (nSPS) is 15.6. The summed E-state index contributed by atoms with van der Waals surface area (Å²) in [5, 5.41) is 3.27. The van der Waals surface area contributed by atoms with Gasteiger partial charge in [0.1, 0.15) is 0 Å². The van der Waals surface area contributed by atoms with E-state index in [4.69, 9.17) is 11.6 Å². The molecule has 4 rings (SSSR count). The summed E-state index contributed by atoms with van der Waals surface area (Å²) in [5.74, 6) is -1.32. The average molecular weight is 469 g/mol. The van der Waals surface area contributed by atoms with Crippen molar-refractivity contribution in [2.75, 3.05) is 44.2 Å². The SMILES string of the molecule is Cc1ccc2c(c1)C(=O)N(CCC(=O)NCC(=O)N1CCN(c3cccc(Cl)c3)CC1)C2=O. The third-order valence-electron chi connectivity index (χ3n) is 5.93. The van der Waals surface area contributed by atoms with Gasteiger partial charge in [-0.05, 0) is 37.3 Å². The van der Waals surface area contributed by atoms with Gasteiger partial charge >= 0.3 is 0 Å². The van der Waals surface area contributed by atoms with E-state index < -0.39 is 5.91 Å². The van der Waals surface area contributed by atoms with Gasteiger partial charge in [-0.1, -0.05) is 29.3 Å². The predicted octanol–water partition coefficient (Wildman–Crippen LogP) is 2.10. The van der Waals surface area contributed by atoms with Crippen LogP contribution in [0, 0.1) is 6.92 Å². The van der Waals surface area contributed by atoms with Crippen LogP contribution in [-0.2, 0) is 9.59 Å². The highest BCUT2D eigenvalue weighted by atomic mass is 35.5. The minimum atomic E-state index is -0.392. The Hall–Kier alpha value is -3.39. The minimum absolute atomic E-state index is 0.0241. The topological polar surface area (TPSA) is 90.0 Å². The number of halogens is 1. The Balaban J connectivity index is 1.21. The maximum atomic E-state index is 12.5. The van der Waals surface area contributed by atoms with Gasteiger partial charge in [0.15, 0.2) is 0 Å². The lowest BCUT2D eigenvalue weighted by Gasteiger charge is -2.36. The van der Waals surface area contributed by atoms with E-state index in [9.17, 15) is 19.2 Å². The molecule has 4 amide bonds. The van der Waals surface area contributed by atoms with E-state index in [2.05, 4.69) is 10.2 Å². The standard InChI is InChI=1S/C24H25ClN4O4/c1-16-5-6-19-20(13-16)24(33)29(23(19)32)8-7-21(30)26-15-22(31)28-11-9-27(10-12-28)18-4-2-3-17(25)14-18/h2-6,13-14H,7-12,15H2,1H3,(H,26,30). The van der Waals surface area contributed by atoms with Gasteiger partial charge in [-0.15, -0.1) is 0 Å². The summed E-state index contributed by atoms with van der Waals surface area (Å²) < 4.78 is 0. The first-order chi connectivity index (χ1) is 15.8. The van der Waals surface area contributed by atoms with Crippen molar-refractivity contribution in [2.45, 2.75) is 13.3 Å². The van der Waals surface area contributed by atoms with E-state index in [1.807, 2.05) is 31.2 Å². The Morgan fingerprint density at radius 3 is 2.42 bits per heavy atom. The molecule has 2 aliphatic heterocycles. The Kier molecular flexibility index (Phi) is 6.65. The predicted molar refractivity (Wildman–Crippen MR) is 124 cm³/mol. The second-order valence-corrected chi connectivity index (χ2v) is 8.62. The van der Waals surface area contributed by atoms with E-state index in [-0.39, 0.29) is 37.2 Å². The molecule has 1 N–H and O–H groups in total. The fraction of sp³-hybridized carbons (Fsp3) is 0.333. The lowest BCUT2D eigenvalue weighted by molar-refractivity contribution is -0.133. The molecule has 172 valence electrons. The number of nitrogens with zero attached hydrogens (tertiary/aromatic N) is 3. The summed E-state index contributed by atoms with van der Waals surface area (Å²) in [7, 11) is 0. The highest BCUT2D eigenvalue weighted by molar-refractivity contribution is 6.30. The molecule has 0 spiro atoms. The summed E-state index contributed by atoms with van der Waals surface area (Å²) in [6.45, 7) is 4.17. The Morgan fingerprint density at radius 2 is 1.70 bits per heavy atom. The van der Waals surface area contributed by atoms with Crippen LogP contribution in [0.4, 0.5) is 5.69 Å². The first-order valence-electron chi connectivity index (χ1n) is 10.9. The van der Waals surface area contributed by atoms with Gasteiger partial charge in [0.2, 0.25) is 11.8 Å². The maximum Gasteiger partial charge on any atom is 0.261 e. The van der Waals surface area contributed by atoms with Crippen molar-refractivity contribution in [3.8, 4) is 0 Å². The molecular formula is C24H25ClN4O4. The summed E-state index contributed by atoms with van der Waals surface area (Å²) in [5.41, 5.74) is 2.64. The fourth-order valence-corrected chi connectivity index (χ4v) is 4.27. The number of aryl methyl sites for hydroxylation is 1. The van der Waals surface area contributed by atoms with Crippen LogP contribution in [0.2, 0.25) is 5.02 Å². The third kappa shape index (κ3) is 5.01. The molecule has 0 unspecified atom stereocenters. The van der Waals surface area contributed by atoms with E-state index in [0.29, 0.717) is 42.3 Å². The van der Waals surface area contributed by atoms with Crippen LogP contribution in [0.3, 0.4) is 0 Å². The second kappa shape index (κ2) is 9.62. The molecule has 2 aromatic rings. The number of rotatable bonds is 6. The van der Waals surface area contributed by atoms with Crippen LogP contribution in [0.15, 0.2) is 42.5 Å². The average Bonchev–Trinajstić information content (AvgIpc) is 3.05. The minimum Gasteiger partial charge on any atom is -0.368 e. The highest BCUT2D eigenvalue weighted by Crippen LogP contribution is 2.24. The second-order valence-electron chi connectivity index (χ2n) is 8.19. The van der Waals surface area contributed by atoms with Crippen molar-refractivity contribution in [2.24, 2.45) is 0 Å². The molecule has 0 bridgehead atoms. The molecule has 0 aromatic heterocycles. The van der Waals surface area contributed by atoms with Crippen LogP contribution in [0.25, 0.3) is 0 Å². The number of carbonyl (C=O) groups excluding carboxylic acids is 4. The molecule has 33 heavy (non-hydrogen) atoms. The van der Waals surface area contributed by atoms with E-state index in [0.717, 1.165) is 16.2 Å². The van der Waals surface area contributed by atoms with Gasteiger partial charge in [-0.2, -0.15) is 0 Å². The van der Waals surface area contributed by atoms with Crippen molar-refractivity contribution < 1.29 is 19.2 Å². The lowest BCUT2D eigenvalue weighted by Crippen LogP contribution is -2.51. The lowest BCUT2D eigenvalue weighted by atomic mass is 10.1. The molecule has 0 saturated carbocycles. The van der Waals surface area contributed by atoms with Gasteiger partial charge in [0.25, 0.3) is 11.8 Å². The number of amides is 4. The molecule has 1 saturated heterocycles. The zero-order chi connectivity index (χ0) is 23.5. The van der Waals surface area contributed by atoms with Crippen LogP contribution < -0.4 is 10.2 Å². The molecule has 0 radical (unpaired) electrons. The molecule has 2 aliphatic rings. The molecule has 9 heteroatoms. The summed E-state index contributed by atoms with van der Waals surface area (Å²) >= 11 is 6.06. The molecule has 0 atom stereocenters. The number of benzene rings is 2. The summed E-state index contributed by atoms with van der Waals surface area (Å²) in [6, 6.07) is 12.7. The first kappa shape index (κ1) is 22.8. The summed E-state index contributed by atoms with van der Waals surface area (Å²) in [6.07, 6.45) is -0.0553. The van der Waals surface area contributed by atoms with Crippen LogP contribution in [0.5, 0.6) is 0 Å². The smallest absolute Gasteiger partial charge is 0.261 e. The van der Waals surface area contributed by atoms with Gasteiger partial charge in [-0.25, -0.2) is 0 Å². The van der Waals surface area contributed by atoms with E-state index in [1.54, 1.807) is 23.1 Å². The zero-order valence-electron chi connectivity index (χ0n) is 18.3. The Labute approximate surface area is 197 Å². The molecular weight excluding hydrogens is 444 g/mol. The monoisotopic (exact) mass is 468 g/mol. The van der Waals surface area contributed by atoms with Gasteiger partial charge in [0, 0.05) is 49.9 Å². The van der Waals surface area contributed by atoms with Gasteiger partial charge in [-0.3, -0.25) is 24.1 Å². The molecule has 2 aromatic carbocycles. The molecule has 2 heterocycles. The Bertz CT molecular complexity index is 1110. The number of carbonyl (C=O) groups is 4. The largest absolute Gasteiger partial charge is 0.368 e. The fourth-order valence-electron chi connectivity index (χ4n) is 4.08. The van der Waals surface area contributed by atoms with Crippen molar-refractivity contribution in [1.82, 2.24) is 15.1 Å². The van der Waals surface area contributed by atoms with Gasteiger partial charge in [0.05, 0.1) is 17.7 Å². The maximum absolute atomic E-state index is 12.5. The molecule has 8 nitrogen and oxygen atoms in total. The van der Waals surface area contributed by atoms with Crippen molar-refractivity contribution in [3.63, 3.8) is 0 Å². The third-order valence-corrected chi connectivity index (χ3v) is 6.17. The van der Waals surface area contributed by atoms with Crippen molar-refractivity contribution in [1.29, 1.82) is 0 Å². The number of fused-ring (bicyclic) bond motifs is 1.